The number of aliphatic hydroxyl groups is 1. The number of hydrogen-bond donors (Lipinski definition) is 1. The van der Waals surface area contributed by atoms with Crippen molar-refractivity contribution in [2.24, 2.45) is 0 Å². The molecule has 0 aliphatic rings. The molecular formula is C9H12O5. The first-order valence-electron chi connectivity index (χ1n) is 3.86. The standard InChI is InChI=1S/C9H12O5/c1-3-8(11)14-6-7(2)9(12)13-5-4-10/h3,10H,1-2,4-6H2. The minimum absolute atomic E-state index is 0.00801. The third-order valence-electron chi connectivity index (χ3n) is 1.17. The monoisotopic (exact) mass is 200 g/mol. The van der Waals surface area contributed by atoms with Crippen LogP contribution in [0, 0.1) is 0 Å². The molecule has 0 atom stereocenters. The largest absolute Gasteiger partial charge is 0.460 e. The van der Waals surface area contributed by atoms with Crippen LogP contribution in [0.1, 0.15) is 0 Å². The second-order valence-electron chi connectivity index (χ2n) is 2.27. The van der Waals surface area contributed by atoms with Gasteiger partial charge in [0.25, 0.3) is 0 Å². The molecule has 5 heteroatoms. The van der Waals surface area contributed by atoms with Crippen LogP contribution in [0.5, 0.6) is 0 Å². The molecule has 0 amide bonds. The van der Waals surface area contributed by atoms with Crippen molar-refractivity contribution < 1.29 is 24.2 Å². The van der Waals surface area contributed by atoms with Gasteiger partial charge in [0, 0.05) is 6.08 Å². The summed E-state index contributed by atoms with van der Waals surface area (Å²) in [4.78, 5) is 21.5. The summed E-state index contributed by atoms with van der Waals surface area (Å²) in [6.07, 6.45) is 0.979. The van der Waals surface area contributed by atoms with Gasteiger partial charge in [0.05, 0.1) is 12.2 Å². The molecule has 0 unspecified atom stereocenters. The molecule has 78 valence electrons. The number of esters is 2. The first-order valence-corrected chi connectivity index (χ1v) is 3.86. The van der Waals surface area contributed by atoms with E-state index in [-0.39, 0.29) is 25.4 Å². The van der Waals surface area contributed by atoms with Crippen molar-refractivity contribution in [2.45, 2.75) is 0 Å². The number of carbonyl (C=O) groups excluding carboxylic acids is 2. The Morgan fingerprint density at radius 3 is 2.50 bits per heavy atom. The molecule has 0 saturated heterocycles. The van der Waals surface area contributed by atoms with Crippen molar-refractivity contribution in [3.63, 3.8) is 0 Å². The Hall–Kier alpha value is -1.62. The molecule has 14 heavy (non-hydrogen) atoms. The zero-order valence-electron chi connectivity index (χ0n) is 7.69. The highest BCUT2D eigenvalue weighted by Gasteiger charge is 2.09. The van der Waals surface area contributed by atoms with Crippen molar-refractivity contribution in [1.82, 2.24) is 0 Å². The third kappa shape index (κ3) is 5.10. The minimum atomic E-state index is -0.698. The predicted octanol–water partition coefficient (Wildman–Crippen LogP) is -0.193. The van der Waals surface area contributed by atoms with Crippen LogP contribution in [0.4, 0.5) is 0 Å². The lowest BCUT2D eigenvalue weighted by molar-refractivity contribution is -0.142. The van der Waals surface area contributed by atoms with E-state index in [2.05, 4.69) is 22.6 Å². The van der Waals surface area contributed by atoms with Crippen molar-refractivity contribution >= 4 is 11.9 Å². The molecule has 0 saturated carbocycles. The first-order chi connectivity index (χ1) is 6.61. The minimum Gasteiger partial charge on any atom is -0.460 e. The fraction of sp³-hybridized carbons (Fsp3) is 0.333. The Balaban J connectivity index is 3.78. The quantitative estimate of drug-likeness (QED) is 0.475. The lowest BCUT2D eigenvalue weighted by atomic mass is 10.3. The van der Waals surface area contributed by atoms with Gasteiger partial charge in [0.15, 0.2) is 0 Å². The maximum Gasteiger partial charge on any atom is 0.336 e. The summed E-state index contributed by atoms with van der Waals surface area (Å²) in [7, 11) is 0. The molecule has 0 heterocycles. The van der Waals surface area contributed by atoms with Crippen molar-refractivity contribution in [3.05, 3.63) is 24.8 Å². The normalized spacial score (nSPS) is 8.93. The van der Waals surface area contributed by atoms with E-state index in [1.54, 1.807) is 0 Å². The first kappa shape index (κ1) is 12.4. The summed E-state index contributed by atoms with van der Waals surface area (Å²) in [5, 5.41) is 8.35. The molecule has 0 bridgehead atoms. The number of carbonyl (C=O) groups is 2. The lowest BCUT2D eigenvalue weighted by Crippen LogP contribution is -2.15. The second-order valence-corrected chi connectivity index (χ2v) is 2.27. The van der Waals surface area contributed by atoms with Gasteiger partial charge in [0.2, 0.25) is 0 Å². The summed E-state index contributed by atoms with van der Waals surface area (Å²) >= 11 is 0. The molecule has 0 aromatic carbocycles. The van der Waals surface area contributed by atoms with Crippen LogP contribution in [0.3, 0.4) is 0 Å². The molecule has 0 radical (unpaired) electrons. The number of hydrogen-bond acceptors (Lipinski definition) is 5. The zero-order valence-corrected chi connectivity index (χ0v) is 7.69. The maximum atomic E-state index is 11.0. The van der Waals surface area contributed by atoms with Gasteiger partial charge in [-0.2, -0.15) is 0 Å². The van der Waals surface area contributed by atoms with E-state index in [0.717, 1.165) is 6.08 Å². The molecule has 0 aromatic rings. The summed E-state index contributed by atoms with van der Waals surface area (Å²) in [6.45, 7) is 5.92. The number of rotatable bonds is 6. The molecule has 0 aliphatic heterocycles. The maximum absolute atomic E-state index is 11.0. The van der Waals surface area contributed by atoms with Crippen LogP contribution >= 0.6 is 0 Å². The highest BCUT2D eigenvalue weighted by atomic mass is 16.6. The van der Waals surface area contributed by atoms with Gasteiger partial charge >= 0.3 is 11.9 Å². The van der Waals surface area contributed by atoms with Crippen LogP contribution in [-0.4, -0.2) is 36.9 Å². The highest BCUT2D eigenvalue weighted by Crippen LogP contribution is 1.96. The fourth-order valence-corrected chi connectivity index (χ4v) is 0.516. The van der Waals surface area contributed by atoms with E-state index in [1.807, 2.05) is 0 Å². The predicted molar refractivity (Wildman–Crippen MR) is 48.3 cm³/mol. The van der Waals surface area contributed by atoms with Gasteiger partial charge in [-0.05, 0) is 0 Å². The van der Waals surface area contributed by atoms with E-state index in [0.29, 0.717) is 0 Å². The topological polar surface area (TPSA) is 72.8 Å². The highest BCUT2D eigenvalue weighted by molar-refractivity contribution is 5.89. The Labute approximate surface area is 81.6 Å². The smallest absolute Gasteiger partial charge is 0.336 e. The summed E-state index contributed by atoms with van der Waals surface area (Å²) in [5.74, 6) is -1.34. The van der Waals surface area contributed by atoms with Crippen LogP contribution in [0.2, 0.25) is 0 Å². The van der Waals surface area contributed by atoms with Crippen LogP contribution in [0.25, 0.3) is 0 Å². The van der Waals surface area contributed by atoms with Gasteiger partial charge in [-0.3, -0.25) is 0 Å². The lowest BCUT2D eigenvalue weighted by Gasteiger charge is -2.05. The molecule has 0 aromatic heterocycles. The zero-order chi connectivity index (χ0) is 11.0. The van der Waals surface area contributed by atoms with E-state index in [1.165, 1.54) is 0 Å². The van der Waals surface area contributed by atoms with Crippen molar-refractivity contribution in [1.29, 1.82) is 0 Å². The average Bonchev–Trinajstić information content (AvgIpc) is 2.21. The van der Waals surface area contributed by atoms with Gasteiger partial charge < -0.3 is 14.6 Å². The molecular weight excluding hydrogens is 188 g/mol. The van der Waals surface area contributed by atoms with E-state index < -0.39 is 11.9 Å². The van der Waals surface area contributed by atoms with Crippen LogP contribution in [0.15, 0.2) is 24.8 Å². The molecule has 5 nitrogen and oxygen atoms in total. The molecule has 0 spiro atoms. The Morgan fingerprint density at radius 1 is 1.36 bits per heavy atom. The van der Waals surface area contributed by atoms with Gasteiger partial charge in [-0.25, -0.2) is 9.59 Å². The third-order valence-corrected chi connectivity index (χ3v) is 1.17. The Bertz CT molecular complexity index is 244. The second kappa shape index (κ2) is 6.85. The fourth-order valence-electron chi connectivity index (χ4n) is 0.516. The van der Waals surface area contributed by atoms with Crippen molar-refractivity contribution in [2.75, 3.05) is 19.8 Å². The van der Waals surface area contributed by atoms with Gasteiger partial charge in [-0.1, -0.05) is 13.2 Å². The van der Waals surface area contributed by atoms with Gasteiger partial charge in [-0.15, -0.1) is 0 Å². The van der Waals surface area contributed by atoms with Gasteiger partial charge in [0.1, 0.15) is 13.2 Å². The summed E-state index contributed by atoms with van der Waals surface area (Å²) < 4.78 is 9.05. The van der Waals surface area contributed by atoms with E-state index in [4.69, 9.17) is 5.11 Å². The van der Waals surface area contributed by atoms with E-state index >= 15 is 0 Å². The molecule has 0 rings (SSSR count). The van der Waals surface area contributed by atoms with Crippen molar-refractivity contribution in [3.8, 4) is 0 Å². The Kier molecular flexibility index (Phi) is 6.06. The van der Waals surface area contributed by atoms with Crippen LogP contribution < -0.4 is 0 Å². The number of ether oxygens (including phenoxy) is 2. The number of aliphatic hydroxyl groups excluding tert-OH is 1. The average molecular weight is 200 g/mol. The van der Waals surface area contributed by atoms with Crippen LogP contribution in [-0.2, 0) is 19.1 Å². The molecule has 0 aliphatic carbocycles. The SMILES string of the molecule is C=CC(=O)OCC(=C)C(=O)OCCO. The Morgan fingerprint density at radius 2 is 2.00 bits per heavy atom. The van der Waals surface area contributed by atoms with E-state index in [9.17, 15) is 9.59 Å². The summed E-state index contributed by atoms with van der Waals surface area (Å²) in [5.41, 5.74) is 0.00801. The molecule has 1 N–H and O–H groups in total. The summed E-state index contributed by atoms with van der Waals surface area (Å²) in [6, 6.07) is 0. The molecule has 0 fully saturated rings.